The molecule has 0 N–H and O–H groups in total. The first kappa shape index (κ1) is 39.5. The minimum Gasteiger partial charge on any atom is -0.494 e. The molecule has 3 aromatic carbocycles. The van der Waals surface area contributed by atoms with Crippen LogP contribution in [0, 0.1) is 11.8 Å². The van der Waals surface area contributed by atoms with Crippen molar-refractivity contribution in [1.82, 2.24) is 0 Å². The molecule has 0 aromatic heterocycles. The molecule has 264 valence electrons. The minimum absolute atomic E-state index is 0.167. The van der Waals surface area contributed by atoms with Crippen molar-refractivity contribution in [1.29, 1.82) is 0 Å². The zero-order valence-corrected chi connectivity index (χ0v) is 32.5. The van der Waals surface area contributed by atoms with Gasteiger partial charge in [0, 0.05) is 12.0 Å². The lowest BCUT2D eigenvalue weighted by molar-refractivity contribution is -0.145. The van der Waals surface area contributed by atoms with Crippen LogP contribution in [-0.2, 0) is 19.4 Å². The van der Waals surface area contributed by atoms with E-state index in [1.54, 1.807) is 0 Å². The molecular weight excluding hydrogens is 609 g/mol. The molecule has 0 fully saturated rings. The number of carbonyl (C=O) groups excluding carboxylic acids is 1. The van der Waals surface area contributed by atoms with Gasteiger partial charge in [-0.25, -0.2) is 0 Å². The summed E-state index contributed by atoms with van der Waals surface area (Å²) in [5.74, 6) is 1.37. The summed E-state index contributed by atoms with van der Waals surface area (Å²) in [6, 6.07) is 30.4. The van der Waals surface area contributed by atoms with Crippen LogP contribution in [0.25, 0.3) is 0 Å². The summed E-state index contributed by atoms with van der Waals surface area (Å²) in [4.78, 5) is 13.0. The highest BCUT2D eigenvalue weighted by atomic mass is 28.4. The maximum absolute atomic E-state index is 13.0. The molecule has 0 heterocycles. The van der Waals surface area contributed by atoms with Crippen molar-refractivity contribution in [3.63, 3.8) is 0 Å². The molecule has 0 aliphatic rings. The molecule has 5 heteroatoms. The number of ether oxygens (including phenoxy) is 2. The Hall–Kier alpha value is -2.89. The zero-order chi connectivity index (χ0) is 35.2. The molecule has 0 aliphatic heterocycles. The summed E-state index contributed by atoms with van der Waals surface area (Å²) >= 11 is 0. The van der Waals surface area contributed by atoms with Crippen LogP contribution in [0.15, 0.2) is 84.9 Å². The number of carbonyl (C=O) groups is 1. The molecule has 0 saturated carbocycles. The Bertz CT molecular complexity index is 1330. The number of unbranched alkanes of at least 4 members (excludes halogenated alkanes) is 3. The zero-order valence-electron chi connectivity index (χ0n) is 31.5. The lowest BCUT2D eigenvalue weighted by atomic mass is 9.63. The third kappa shape index (κ3) is 11.3. The van der Waals surface area contributed by atoms with Gasteiger partial charge in [-0.05, 0) is 97.3 Å². The Kier molecular flexibility index (Phi) is 15.5. The Morgan fingerprint density at radius 1 is 0.750 bits per heavy atom. The molecule has 4 nitrogen and oxygen atoms in total. The van der Waals surface area contributed by atoms with Gasteiger partial charge < -0.3 is 13.9 Å². The molecule has 4 atom stereocenters. The monoisotopic (exact) mass is 672 g/mol. The molecule has 0 bridgehead atoms. The summed E-state index contributed by atoms with van der Waals surface area (Å²) in [6.45, 7) is 19.7. The standard InChI is InChI=1S/C43H64O4Si/c1-10-34(2)31-37(36-21-15-13-16-22-36)33-43(32-35(3)41(44)45-7,38-23-17-14-18-24-38)39-25-27-40(28-26-39)46-29-19-11-12-20-30-47-48(8,9)42(4,5)6/h13-18,21-28,34-35,37H,10-12,19-20,29-33H2,1-9H3. The topological polar surface area (TPSA) is 44.8 Å². The molecule has 0 aliphatic carbocycles. The van der Waals surface area contributed by atoms with Crippen LogP contribution in [0.4, 0.5) is 0 Å². The van der Waals surface area contributed by atoms with Crippen molar-refractivity contribution in [3.8, 4) is 5.75 Å². The number of rotatable bonds is 20. The Labute approximate surface area is 294 Å². The van der Waals surface area contributed by atoms with Crippen molar-refractivity contribution in [2.75, 3.05) is 20.3 Å². The van der Waals surface area contributed by atoms with E-state index in [-0.39, 0.29) is 16.9 Å². The number of esters is 1. The van der Waals surface area contributed by atoms with E-state index in [0.29, 0.717) is 24.9 Å². The second-order valence-corrected chi connectivity index (χ2v) is 20.3. The Morgan fingerprint density at radius 2 is 1.31 bits per heavy atom. The largest absolute Gasteiger partial charge is 0.494 e. The van der Waals surface area contributed by atoms with Crippen LogP contribution in [0.3, 0.4) is 0 Å². The Morgan fingerprint density at radius 3 is 1.88 bits per heavy atom. The molecular formula is C43H64O4Si. The fraction of sp³-hybridized carbons (Fsp3) is 0.558. The predicted molar refractivity (Wildman–Crippen MR) is 204 cm³/mol. The van der Waals surface area contributed by atoms with Gasteiger partial charge in [0.25, 0.3) is 0 Å². The normalized spacial score (nSPS) is 15.3. The highest BCUT2D eigenvalue weighted by Gasteiger charge is 2.40. The highest BCUT2D eigenvalue weighted by molar-refractivity contribution is 6.74. The quantitative estimate of drug-likeness (QED) is 0.0681. The van der Waals surface area contributed by atoms with E-state index in [2.05, 4.69) is 133 Å². The predicted octanol–water partition coefficient (Wildman–Crippen LogP) is 11.7. The van der Waals surface area contributed by atoms with E-state index in [0.717, 1.165) is 57.3 Å². The number of hydrogen-bond donors (Lipinski definition) is 0. The van der Waals surface area contributed by atoms with Gasteiger partial charge in [0.05, 0.1) is 19.6 Å². The first-order valence-corrected chi connectivity index (χ1v) is 21.3. The van der Waals surface area contributed by atoms with Gasteiger partial charge in [0.2, 0.25) is 0 Å². The summed E-state index contributed by atoms with van der Waals surface area (Å²) in [6.07, 6.45) is 8.21. The average Bonchev–Trinajstić information content (AvgIpc) is 3.08. The van der Waals surface area contributed by atoms with Crippen LogP contribution in [0.5, 0.6) is 5.75 Å². The maximum atomic E-state index is 13.0. The third-order valence-electron chi connectivity index (χ3n) is 10.8. The summed E-state index contributed by atoms with van der Waals surface area (Å²) < 4.78 is 17.8. The van der Waals surface area contributed by atoms with E-state index in [1.807, 2.05) is 6.92 Å². The molecule has 0 radical (unpaired) electrons. The van der Waals surface area contributed by atoms with Gasteiger partial charge in [-0.15, -0.1) is 0 Å². The first-order valence-electron chi connectivity index (χ1n) is 18.4. The molecule has 0 amide bonds. The van der Waals surface area contributed by atoms with E-state index >= 15 is 0 Å². The first-order chi connectivity index (χ1) is 22.8. The second-order valence-electron chi connectivity index (χ2n) is 15.5. The SMILES string of the molecule is CCC(C)CC(CC(CC(C)C(=O)OC)(c1ccccc1)c1ccc(OCCCCCCO[Si](C)(C)C(C)(C)C)cc1)c1ccccc1. The van der Waals surface area contributed by atoms with E-state index in [1.165, 1.54) is 23.8 Å². The summed E-state index contributed by atoms with van der Waals surface area (Å²) in [7, 11) is -0.171. The minimum atomic E-state index is -1.67. The van der Waals surface area contributed by atoms with E-state index < -0.39 is 13.7 Å². The van der Waals surface area contributed by atoms with Gasteiger partial charge in [-0.2, -0.15) is 0 Å². The molecule has 0 saturated heterocycles. The van der Waals surface area contributed by atoms with Crippen LogP contribution >= 0.6 is 0 Å². The third-order valence-corrected chi connectivity index (χ3v) is 15.4. The molecule has 48 heavy (non-hydrogen) atoms. The van der Waals surface area contributed by atoms with Gasteiger partial charge in [0.1, 0.15) is 5.75 Å². The average molecular weight is 673 g/mol. The van der Waals surface area contributed by atoms with Gasteiger partial charge in [-0.3, -0.25) is 4.79 Å². The van der Waals surface area contributed by atoms with Crippen LogP contribution < -0.4 is 4.74 Å². The van der Waals surface area contributed by atoms with Crippen molar-refractivity contribution in [2.45, 2.75) is 122 Å². The van der Waals surface area contributed by atoms with Crippen LogP contribution in [0.2, 0.25) is 18.1 Å². The van der Waals surface area contributed by atoms with Crippen molar-refractivity contribution >= 4 is 14.3 Å². The van der Waals surface area contributed by atoms with Crippen LogP contribution in [-0.4, -0.2) is 34.6 Å². The molecule has 0 spiro atoms. The van der Waals surface area contributed by atoms with Crippen LogP contribution in [0.1, 0.15) is 116 Å². The maximum Gasteiger partial charge on any atom is 0.308 e. The fourth-order valence-electron chi connectivity index (χ4n) is 6.58. The molecule has 4 unspecified atom stereocenters. The summed E-state index contributed by atoms with van der Waals surface area (Å²) in [5, 5.41) is 0.258. The second kappa shape index (κ2) is 18.8. The Balaban J connectivity index is 1.81. The van der Waals surface area contributed by atoms with Crippen molar-refractivity contribution in [3.05, 3.63) is 102 Å². The lowest BCUT2D eigenvalue weighted by Gasteiger charge is -2.40. The smallest absolute Gasteiger partial charge is 0.308 e. The van der Waals surface area contributed by atoms with Crippen molar-refractivity contribution in [2.24, 2.45) is 11.8 Å². The van der Waals surface area contributed by atoms with Crippen molar-refractivity contribution < 1.29 is 18.7 Å². The van der Waals surface area contributed by atoms with Gasteiger partial charge in [-0.1, -0.05) is 127 Å². The fourth-order valence-corrected chi connectivity index (χ4v) is 7.67. The number of hydrogen-bond acceptors (Lipinski definition) is 4. The number of benzene rings is 3. The van der Waals surface area contributed by atoms with Gasteiger partial charge in [0.15, 0.2) is 8.32 Å². The molecule has 3 rings (SSSR count). The van der Waals surface area contributed by atoms with E-state index in [9.17, 15) is 4.79 Å². The summed E-state index contributed by atoms with van der Waals surface area (Å²) in [5.41, 5.74) is 3.41. The molecule has 3 aromatic rings. The van der Waals surface area contributed by atoms with Gasteiger partial charge >= 0.3 is 5.97 Å². The lowest BCUT2D eigenvalue weighted by Crippen LogP contribution is -2.40. The number of methoxy groups -OCH3 is 1. The van der Waals surface area contributed by atoms with E-state index in [4.69, 9.17) is 13.9 Å². The highest BCUT2D eigenvalue weighted by Crippen LogP contribution is 2.48.